The number of rotatable bonds is 8. The van der Waals surface area contributed by atoms with Crippen molar-refractivity contribution in [3.05, 3.63) is 0 Å². The Balaban J connectivity index is 4.20. The second-order valence-electron chi connectivity index (χ2n) is 4.06. The number of nitrogens with one attached hydrogen (secondary N) is 2. The van der Waals surface area contributed by atoms with Crippen molar-refractivity contribution in [1.29, 1.82) is 0 Å². The van der Waals surface area contributed by atoms with Gasteiger partial charge < -0.3 is 21.5 Å². The first kappa shape index (κ1) is 17.4. The second kappa shape index (κ2) is 8.46. The molecule has 0 heterocycles. The molecule has 0 radical (unpaired) electrons. The predicted molar refractivity (Wildman–Crippen MR) is 69.9 cm³/mol. The maximum atomic E-state index is 11.4. The van der Waals surface area contributed by atoms with Crippen molar-refractivity contribution >= 4 is 28.7 Å². The second-order valence-corrected chi connectivity index (χ2v) is 5.86. The van der Waals surface area contributed by atoms with Gasteiger partial charge in [-0.3, -0.25) is 9.00 Å². The summed E-state index contributed by atoms with van der Waals surface area (Å²) in [6, 6.07) is -1.87. The number of carbonyl (C=O) groups is 3. The number of primary amides is 1. The lowest BCUT2D eigenvalue weighted by atomic mass is 10.1. The molecule has 3 amide bonds. The van der Waals surface area contributed by atoms with E-state index in [1.54, 1.807) is 6.92 Å². The summed E-state index contributed by atoms with van der Waals surface area (Å²) in [4.78, 5) is 32.8. The van der Waals surface area contributed by atoms with E-state index in [1.165, 1.54) is 6.26 Å². The average molecular weight is 293 g/mol. The van der Waals surface area contributed by atoms with Crippen LogP contribution in [0.5, 0.6) is 0 Å². The molecule has 0 aliphatic heterocycles. The lowest BCUT2D eigenvalue weighted by Gasteiger charge is -2.15. The van der Waals surface area contributed by atoms with E-state index in [1.807, 2.05) is 0 Å². The minimum Gasteiger partial charge on any atom is -0.480 e. The molecule has 0 fully saturated rings. The molecule has 5 N–H and O–H groups in total. The van der Waals surface area contributed by atoms with Crippen LogP contribution in [0, 0.1) is 0 Å². The number of amides is 3. The van der Waals surface area contributed by atoms with Crippen LogP contribution in [0.1, 0.15) is 19.8 Å². The van der Waals surface area contributed by atoms with Crippen molar-refractivity contribution < 1.29 is 23.7 Å². The quantitative estimate of drug-likeness (QED) is 0.444. The summed E-state index contributed by atoms with van der Waals surface area (Å²) in [5, 5.41) is 13.2. The minimum absolute atomic E-state index is 0.0760. The van der Waals surface area contributed by atoms with E-state index < -0.39 is 34.7 Å². The highest BCUT2D eigenvalue weighted by Crippen LogP contribution is 1.97. The summed E-state index contributed by atoms with van der Waals surface area (Å²) < 4.78 is 11.1. The van der Waals surface area contributed by atoms with E-state index in [0.717, 1.165) is 0 Å². The van der Waals surface area contributed by atoms with Gasteiger partial charge in [-0.25, -0.2) is 9.59 Å². The molecule has 0 aromatic carbocycles. The normalized spacial score (nSPS) is 15.1. The third kappa shape index (κ3) is 8.14. The van der Waals surface area contributed by atoms with Crippen LogP contribution in [0.15, 0.2) is 0 Å². The molecule has 110 valence electrons. The molecule has 0 rings (SSSR count). The number of carboxylic acids is 1. The average Bonchev–Trinajstić information content (AvgIpc) is 2.30. The van der Waals surface area contributed by atoms with Crippen molar-refractivity contribution in [2.24, 2.45) is 5.73 Å². The van der Waals surface area contributed by atoms with Crippen molar-refractivity contribution in [2.75, 3.05) is 12.8 Å². The summed E-state index contributed by atoms with van der Waals surface area (Å²) in [6.07, 6.45) is 1.30. The van der Waals surface area contributed by atoms with Gasteiger partial charge in [-0.15, -0.1) is 0 Å². The Morgan fingerprint density at radius 1 is 1.37 bits per heavy atom. The molecule has 0 bridgehead atoms. The molecule has 9 heteroatoms. The Hall–Kier alpha value is -1.64. The smallest absolute Gasteiger partial charge is 0.326 e. The number of carbonyl (C=O) groups excluding carboxylic acids is 2. The maximum absolute atomic E-state index is 11.4. The van der Waals surface area contributed by atoms with Crippen LogP contribution in [-0.4, -0.2) is 51.3 Å². The lowest BCUT2D eigenvalue weighted by Crippen LogP contribution is -2.48. The van der Waals surface area contributed by atoms with E-state index in [4.69, 9.17) is 10.8 Å². The van der Waals surface area contributed by atoms with Gasteiger partial charge in [-0.1, -0.05) is 0 Å². The first-order chi connectivity index (χ1) is 8.73. The summed E-state index contributed by atoms with van der Waals surface area (Å²) in [5.41, 5.74) is 4.91. The molecule has 8 nitrogen and oxygen atoms in total. The zero-order chi connectivity index (χ0) is 15.0. The van der Waals surface area contributed by atoms with Gasteiger partial charge in [0.2, 0.25) is 5.91 Å². The van der Waals surface area contributed by atoms with Crippen LogP contribution in [0.3, 0.4) is 0 Å². The van der Waals surface area contributed by atoms with E-state index in [2.05, 4.69) is 10.6 Å². The number of hydrogen-bond donors (Lipinski definition) is 4. The van der Waals surface area contributed by atoms with Gasteiger partial charge >= 0.3 is 12.0 Å². The molecule has 0 aliphatic carbocycles. The summed E-state index contributed by atoms with van der Waals surface area (Å²) in [6.45, 7) is 1.86. The van der Waals surface area contributed by atoms with E-state index >= 15 is 0 Å². The van der Waals surface area contributed by atoms with E-state index in [9.17, 15) is 18.6 Å². The molecule has 0 aliphatic rings. The molecular formula is C10H19N3O5S. The summed E-state index contributed by atoms with van der Waals surface area (Å²) in [7, 11) is -1.08. The van der Waals surface area contributed by atoms with Gasteiger partial charge in [0.25, 0.3) is 0 Å². The van der Waals surface area contributed by atoms with Crippen LogP contribution in [0.4, 0.5) is 4.79 Å². The molecule has 3 atom stereocenters. The summed E-state index contributed by atoms with van der Waals surface area (Å²) >= 11 is 0. The number of aliphatic carboxylic acids is 1. The molecule has 0 saturated carbocycles. The third-order valence-electron chi connectivity index (χ3n) is 2.40. The highest BCUT2D eigenvalue weighted by atomic mass is 32.2. The Labute approximate surface area is 113 Å². The molecule has 0 aromatic heterocycles. The fraction of sp³-hybridized carbons (Fsp3) is 0.700. The zero-order valence-corrected chi connectivity index (χ0v) is 11.7. The van der Waals surface area contributed by atoms with Crippen molar-refractivity contribution in [2.45, 2.75) is 31.1 Å². The van der Waals surface area contributed by atoms with Crippen molar-refractivity contribution in [1.82, 2.24) is 10.6 Å². The van der Waals surface area contributed by atoms with Crippen LogP contribution in [-0.2, 0) is 20.4 Å². The first-order valence-corrected chi connectivity index (χ1v) is 7.23. The maximum Gasteiger partial charge on any atom is 0.326 e. The fourth-order valence-electron chi connectivity index (χ4n) is 1.11. The molecule has 0 aromatic rings. The van der Waals surface area contributed by atoms with Gasteiger partial charge in [-0.2, -0.15) is 0 Å². The van der Waals surface area contributed by atoms with Gasteiger partial charge in [0, 0.05) is 35.3 Å². The topological polar surface area (TPSA) is 139 Å². The number of urea groups is 1. The van der Waals surface area contributed by atoms with Crippen LogP contribution < -0.4 is 16.4 Å². The zero-order valence-electron chi connectivity index (χ0n) is 10.8. The van der Waals surface area contributed by atoms with E-state index in [0.29, 0.717) is 0 Å². The highest BCUT2D eigenvalue weighted by molar-refractivity contribution is 7.84. The van der Waals surface area contributed by atoms with E-state index in [-0.39, 0.29) is 24.6 Å². The Morgan fingerprint density at radius 2 is 1.95 bits per heavy atom. The number of hydrogen-bond acceptors (Lipinski definition) is 4. The van der Waals surface area contributed by atoms with Crippen LogP contribution >= 0.6 is 0 Å². The fourth-order valence-corrected chi connectivity index (χ4v) is 1.43. The SMILES string of the molecule is CC(CNC(=O)N[C@H](CCC(N)=O)C(=O)O)S(C)=O. The summed E-state index contributed by atoms with van der Waals surface area (Å²) in [5.74, 6) is -1.88. The van der Waals surface area contributed by atoms with Crippen molar-refractivity contribution in [3.63, 3.8) is 0 Å². The molecule has 0 spiro atoms. The minimum atomic E-state index is -1.25. The Morgan fingerprint density at radius 3 is 2.37 bits per heavy atom. The Bertz CT molecular complexity index is 374. The van der Waals surface area contributed by atoms with Gasteiger partial charge in [-0.05, 0) is 13.3 Å². The van der Waals surface area contributed by atoms with Gasteiger partial charge in [0.05, 0.1) is 0 Å². The predicted octanol–water partition coefficient (Wildman–Crippen LogP) is -1.23. The Kier molecular flexibility index (Phi) is 7.73. The van der Waals surface area contributed by atoms with Gasteiger partial charge in [0.15, 0.2) is 0 Å². The van der Waals surface area contributed by atoms with Crippen LogP contribution in [0.2, 0.25) is 0 Å². The highest BCUT2D eigenvalue weighted by Gasteiger charge is 2.20. The van der Waals surface area contributed by atoms with Gasteiger partial charge in [0.1, 0.15) is 6.04 Å². The largest absolute Gasteiger partial charge is 0.480 e. The molecule has 2 unspecified atom stereocenters. The first-order valence-electron chi connectivity index (χ1n) is 5.61. The lowest BCUT2D eigenvalue weighted by molar-refractivity contribution is -0.139. The number of carboxylic acid groups (broad SMARTS) is 1. The molecule has 0 saturated heterocycles. The van der Waals surface area contributed by atoms with Crippen LogP contribution in [0.25, 0.3) is 0 Å². The monoisotopic (exact) mass is 293 g/mol. The number of nitrogens with two attached hydrogens (primary N) is 1. The third-order valence-corrected chi connectivity index (χ3v) is 3.70. The standard InChI is InChI=1S/C10H19N3O5S/c1-6(19(2)18)5-12-10(17)13-7(9(15)16)3-4-8(11)14/h6-7H,3-5H2,1-2H3,(H2,11,14)(H,15,16)(H2,12,13,17)/t6?,7-,19?/m1/s1. The molecular weight excluding hydrogens is 274 g/mol. The molecule has 19 heavy (non-hydrogen) atoms. The van der Waals surface area contributed by atoms with Crippen molar-refractivity contribution in [3.8, 4) is 0 Å².